The Labute approximate surface area is 113 Å². The van der Waals surface area contributed by atoms with Gasteiger partial charge in [0.2, 0.25) is 0 Å². The molecule has 2 heterocycles. The SMILES string of the molecule is c1ncn(Cc2ccc(NC3CCCNC3)cc2)n1. The molecule has 2 N–H and O–H groups in total. The molecule has 0 bridgehead atoms. The third-order valence-corrected chi connectivity index (χ3v) is 3.43. The molecule has 0 aliphatic carbocycles. The fourth-order valence-electron chi connectivity index (χ4n) is 2.42. The normalized spacial score (nSPS) is 19.3. The molecule has 1 aromatic heterocycles. The van der Waals surface area contributed by atoms with Crippen molar-refractivity contribution in [3.05, 3.63) is 42.5 Å². The zero-order valence-corrected chi connectivity index (χ0v) is 10.9. The Bertz CT molecular complexity index is 485. The fraction of sp³-hybridized carbons (Fsp3) is 0.429. The molecular formula is C14H19N5. The Morgan fingerprint density at radius 1 is 1.32 bits per heavy atom. The summed E-state index contributed by atoms with van der Waals surface area (Å²) in [6, 6.07) is 9.11. The lowest BCUT2D eigenvalue weighted by atomic mass is 10.1. The monoisotopic (exact) mass is 257 g/mol. The molecule has 1 aromatic carbocycles. The van der Waals surface area contributed by atoms with Crippen LogP contribution in [0.3, 0.4) is 0 Å². The third kappa shape index (κ3) is 3.32. The minimum atomic E-state index is 0.551. The van der Waals surface area contributed by atoms with Gasteiger partial charge in [-0.2, -0.15) is 5.10 Å². The maximum Gasteiger partial charge on any atom is 0.137 e. The van der Waals surface area contributed by atoms with Crippen LogP contribution in [-0.2, 0) is 6.54 Å². The second-order valence-corrected chi connectivity index (χ2v) is 4.98. The number of aromatic nitrogens is 3. The van der Waals surface area contributed by atoms with Crippen LogP contribution in [0.4, 0.5) is 5.69 Å². The van der Waals surface area contributed by atoms with Crippen molar-refractivity contribution in [3.63, 3.8) is 0 Å². The van der Waals surface area contributed by atoms with Gasteiger partial charge >= 0.3 is 0 Å². The molecule has 0 amide bonds. The number of benzene rings is 1. The van der Waals surface area contributed by atoms with Crippen LogP contribution in [0.2, 0.25) is 0 Å². The van der Waals surface area contributed by atoms with Crippen LogP contribution in [0.5, 0.6) is 0 Å². The number of hydrogen-bond acceptors (Lipinski definition) is 4. The number of anilines is 1. The summed E-state index contributed by atoms with van der Waals surface area (Å²) >= 11 is 0. The van der Waals surface area contributed by atoms with Crippen LogP contribution >= 0.6 is 0 Å². The summed E-state index contributed by atoms with van der Waals surface area (Å²) in [7, 11) is 0. The number of hydrogen-bond donors (Lipinski definition) is 2. The highest BCUT2D eigenvalue weighted by Gasteiger charge is 2.11. The van der Waals surface area contributed by atoms with Gasteiger partial charge in [-0.05, 0) is 37.1 Å². The first-order valence-corrected chi connectivity index (χ1v) is 6.79. The van der Waals surface area contributed by atoms with E-state index in [0.717, 1.165) is 19.6 Å². The van der Waals surface area contributed by atoms with E-state index in [1.54, 1.807) is 12.7 Å². The predicted octanol–water partition coefficient (Wildman–Crippen LogP) is 1.49. The average Bonchev–Trinajstić information content (AvgIpc) is 2.95. The molecule has 2 aromatic rings. The largest absolute Gasteiger partial charge is 0.381 e. The van der Waals surface area contributed by atoms with Crippen LogP contribution in [0, 0.1) is 0 Å². The number of nitrogens with one attached hydrogen (secondary N) is 2. The average molecular weight is 257 g/mol. The highest BCUT2D eigenvalue weighted by atomic mass is 15.3. The van der Waals surface area contributed by atoms with E-state index in [-0.39, 0.29) is 0 Å². The summed E-state index contributed by atoms with van der Waals surface area (Å²) in [4.78, 5) is 3.95. The second kappa shape index (κ2) is 5.84. The van der Waals surface area contributed by atoms with Gasteiger partial charge < -0.3 is 10.6 Å². The Morgan fingerprint density at radius 3 is 2.89 bits per heavy atom. The van der Waals surface area contributed by atoms with Crippen LogP contribution in [-0.4, -0.2) is 33.9 Å². The molecule has 1 unspecified atom stereocenters. The standard InChI is InChI=1S/C14H19N5/c1-2-14(8-15-7-1)18-13-5-3-12(4-6-13)9-19-11-16-10-17-19/h3-6,10-11,14-15,18H,1-2,7-9H2. The molecule has 1 atom stereocenters. The first-order valence-electron chi connectivity index (χ1n) is 6.79. The van der Waals surface area contributed by atoms with E-state index in [1.165, 1.54) is 24.1 Å². The molecule has 1 aliphatic heterocycles. The summed E-state index contributed by atoms with van der Waals surface area (Å²) in [5.74, 6) is 0. The molecule has 5 heteroatoms. The zero-order valence-electron chi connectivity index (χ0n) is 10.9. The Morgan fingerprint density at radius 2 is 2.21 bits per heavy atom. The Balaban J connectivity index is 1.58. The van der Waals surface area contributed by atoms with Crippen LogP contribution in [0.15, 0.2) is 36.9 Å². The summed E-state index contributed by atoms with van der Waals surface area (Å²) in [6.07, 6.45) is 5.79. The quantitative estimate of drug-likeness (QED) is 0.871. The lowest BCUT2D eigenvalue weighted by molar-refractivity contribution is 0.480. The van der Waals surface area contributed by atoms with Crippen molar-refractivity contribution in [2.45, 2.75) is 25.4 Å². The number of nitrogens with zero attached hydrogens (tertiary/aromatic N) is 3. The fourth-order valence-corrected chi connectivity index (χ4v) is 2.42. The molecule has 1 fully saturated rings. The van der Waals surface area contributed by atoms with E-state index in [0.29, 0.717) is 6.04 Å². The maximum absolute atomic E-state index is 4.11. The smallest absolute Gasteiger partial charge is 0.137 e. The molecule has 19 heavy (non-hydrogen) atoms. The van der Waals surface area contributed by atoms with Crippen LogP contribution in [0.1, 0.15) is 18.4 Å². The van der Waals surface area contributed by atoms with Crippen molar-refractivity contribution in [2.24, 2.45) is 0 Å². The van der Waals surface area contributed by atoms with E-state index in [1.807, 2.05) is 4.68 Å². The summed E-state index contributed by atoms with van der Waals surface area (Å²) in [5, 5.41) is 11.1. The minimum absolute atomic E-state index is 0.551. The van der Waals surface area contributed by atoms with Gasteiger partial charge in [0.1, 0.15) is 12.7 Å². The van der Waals surface area contributed by atoms with E-state index < -0.39 is 0 Å². The van der Waals surface area contributed by atoms with Crippen LogP contribution < -0.4 is 10.6 Å². The van der Waals surface area contributed by atoms with Crippen molar-refractivity contribution < 1.29 is 0 Å². The molecule has 1 aliphatic rings. The molecule has 0 radical (unpaired) electrons. The van der Waals surface area contributed by atoms with Crippen molar-refractivity contribution in [3.8, 4) is 0 Å². The first kappa shape index (κ1) is 12.2. The zero-order chi connectivity index (χ0) is 12.9. The summed E-state index contributed by atoms with van der Waals surface area (Å²) in [5.41, 5.74) is 2.42. The van der Waals surface area contributed by atoms with Crippen molar-refractivity contribution in [1.82, 2.24) is 20.1 Å². The molecule has 100 valence electrons. The maximum atomic E-state index is 4.11. The number of rotatable bonds is 4. The second-order valence-electron chi connectivity index (χ2n) is 4.98. The van der Waals surface area contributed by atoms with Gasteiger partial charge in [-0.25, -0.2) is 9.67 Å². The summed E-state index contributed by atoms with van der Waals surface area (Å²) < 4.78 is 1.83. The summed E-state index contributed by atoms with van der Waals surface area (Å²) in [6.45, 7) is 2.97. The van der Waals surface area contributed by atoms with E-state index in [4.69, 9.17) is 0 Å². The lowest BCUT2D eigenvalue weighted by Crippen LogP contribution is -2.38. The van der Waals surface area contributed by atoms with Gasteiger partial charge in [0.25, 0.3) is 0 Å². The van der Waals surface area contributed by atoms with Gasteiger partial charge in [-0.15, -0.1) is 0 Å². The predicted molar refractivity (Wildman–Crippen MR) is 75.1 cm³/mol. The van der Waals surface area contributed by atoms with E-state index >= 15 is 0 Å². The van der Waals surface area contributed by atoms with E-state index in [2.05, 4.69) is 45.0 Å². The van der Waals surface area contributed by atoms with Crippen molar-refractivity contribution in [1.29, 1.82) is 0 Å². The van der Waals surface area contributed by atoms with Gasteiger partial charge in [0, 0.05) is 18.3 Å². The van der Waals surface area contributed by atoms with Crippen LogP contribution in [0.25, 0.3) is 0 Å². The lowest BCUT2D eigenvalue weighted by Gasteiger charge is -2.24. The highest BCUT2D eigenvalue weighted by molar-refractivity contribution is 5.45. The Kier molecular flexibility index (Phi) is 3.74. The van der Waals surface area contributed by atoms with Crippen molar-refractivity contribution in [2.75, 3.05) is 18.4 Å². The molecule has 3 rings (SSSR count). The van der Waals surface area contributed by atoms with E-state index in [9.17, 15) is 0 Å². The molecule has 0 spiro atoms. The Hall–Kier alpha value is -1.88. The first-order chi connectivity index (χ1) is 9.40. The van der Waals surface area contributed by atoms with Gasteiger partial charge in [-0.3, -0.25) is 0 Å². The molecular weight excluding hydrogens is 238 g/mol. The molecule has 0 saturated carbocycles. The highest BCUT2D eigenvalue weighted by Crippen LogP contribution is 2.14. The third-order valence-electron chi connectivity index (χ3n) is 3.43. The molecule has 1 saturated heterocycles. The minimum Gasteiger partial charge on any atom is -0.381 e. The number of piperidine rings is 1. The van der Waals surface area contributed by atoms with Gasteiger partial charge in [0.05, 0.1) is 6.54 Å². The van der Waals surface area contributed by atoms with Gasteiger partial charge in [0.15, 0.2) is 0 Å². The van der Waals surface area contributed by atoms with Crippen molar-refractivity contribution >= 4 is 5.69 Å². The van der Waals surface area contributed by atoms with Gasteiger partial charge in [-0.1, -0.05) is 12.1 Å². The molecule has 5 nitrogen and oxygen atoms in total. The topological polar surface area (TPSA) is 54.8 Å².